The Kier molecular flexibility index (Phi) is 5.90. The molecule has 3 nitrogen and oxygen atoms in total. The molecular formula is C17H26N2O. The topological polar surface area (TPSA) is 41.1 Å². The van der Waals surface area contributed by atoms with E-state index >= 15 is 0 Å². The minimum atomic E-state index is 0.0885. The standard InChI is InChI=1S/C17H26N2O/c1-14(15-9-5-2-3-6-10-15)19-17(20)13-18-16-11-7-4-8-12-16/h4,7-8,11-12,14-15,18H,2-3,5-6,9-10,13H2,1H3,(H,19,20)/t14-/m1/s1. The molecule has 3 heteroatoms. The van der Waals surface area contributed by atoms with Gasteiger partial charge in [-0.3, -0.25) is 4.79 Å². The van der Waals surface area contributed by atoms with Crippen LogP contribution in [0.5, 0.6) is 0 Å². The molecular weight excluding hydrogens is 248 g/mol. The van der Waals surface area contributed by atoms with Crippen molar-refractivity contribution in [1.29, 1.82) is 0 Å². The molecule has 1 aliphatic carbocycles. The molecule has 20 heavy (non-hydrogen) atoms. The van der Waals surface area contributed by atoms with E-state index in [4.69, 9.17) is 0 Å². The zero-order valence-electron chi connectivity index (χ0n) is 12.4. The SMILES string of the molecule is C[C@@H](NC(=O)CNc1ccccc1)C1CCCCCC1. The van der Waals surface area contributed by atoms with Gasteiger partial charge in [-0.1, -0.05) is 43.9 Å². The minimum Gasteiger partial charge on any atom is -0.376 e. The van der Waals surface area contributed by atoms with Gasteiger partial charge in [0.1, 0.15) is 0 Å². The van der Waals surface area contributed by atoms with Gasteiger partial charge in [0.25, 0.3) is 0 Å². The number of carbonyl (C=O) groups excluding carboxylic acids is 1. The van der Waals surface area contributed by atoms with Crippen LogP contribution in [0.2, 0.25) is 0 Å². The van der Waals surface area contributed by atoms with Gasteiger partial charge in [-0.25, -0.2) is 0 Å². The Bertz CT molecular complexity index is 397. The van der Waals surface area contributed by atoms with Crippen LogP contribution < -0.4 is 10.6 Å². The highest BCUT2D eigenvalue weighted by Gasteiger charge is 2.20. The first-order valence-corrected chi connectivity index (χ1v) is 7.84. The summed E-state index contributed by atoms with van der Waals surface area (Å²) in [5.41, 5.74) is 0.991. The first-order valence-electron chi connectivity index (χ1n) is 7.84. The van der Waals surface area contributed by atoms with Crippen molar-refractivity contribution < 1.29 is 4.79 Å². The molecule has 1 saturated carbocycles. The van der Waals surface area contributed by atoms with Crippen LogP contribution in [-0.2, 0) is 4.79 Å². The maximum atomic E-state index is 12.0. The van der Waals surface area contributed by atoms with Crippen molar-refractivity contribution in [2.75, 3.05) is 11.9 Å². The smallest absolute Gasteiger partial charge is 0.239 e. The molecule has 1 atom stereocenters. The largest absolute Gasteiger partial charge is 0.376 e. The van der Waals surface area contributed by atoms with E-state index in [9.17, 15) is 4.79 Å². The number of nitrogens with one attached hydrogen (secondary N) is 2. The van der Waals surface area contributed by atoms with Crippen molar-refractivity contribution in [1.82, 2.24) is 5.32 Å². The predicted octanol–water partition coefficient (Wildman–Crippen LogP) is 3.57. The molecule has 0 radical (unpaired) electrons. The molecule has 1 aliphatic rings. The Morgan fingerprint density at radius 2 is 1.80 bits per heavy atom. The summed E-state index contributed by atoms with van der Waals surface area (Å²) in [5, 5.41) is 6.30. The van der Waals surface area contributed by atoms with E-state index in [1.165, 1.54) is 38.5 Å². The summed E-state index contributed by atoms with van der Waals surface area (Å²) >= 11 is 0. The Morgan fingerprint density at radius 3 is 2.45 bits per heavy atom. The monoisotopic (exact) mass is 274 g/mol. The molecule has 0 unspecified atom stereocenters. The fraction of sp³-hybridized carbons (Fsp3) is 0.588. The van der Waals surface area contributed by atoms with Crippen LogP contribution in [0.1, 0.15) is 45.4 Å². The van der Waals surface area contributed by atoms with Crippen LogP contribution in [0.15, 0.2) is 30.3 Å². The third-order valence-electron chi connectivity index (χ3n) is 4.22. The van der Waals surface area contributed by atoms with Crippen LogP contribution in [0.3, 0.4) is 0 Å². The fourth-order valence-corrected chi connectivity index (χ4v) is 2.97. The lowest BCUT2D eigenvalue weighted by Gasteiger charge is -2.23. The summed E-state index contributed by atoms with van der Waals surface area (Å²) in [7, 11) is 0. The Morgan fingerprint density at radius 1 is 1.15 bits per heavy atom. The summed E-state index contributed by atoms with van der Waals surface area (Å²) in [4.78, 5) is 12.0. The van der Waals surface area contributed by atoms with Crippen molar-refractivity contribution in [2.24, 2.45) is 5.92 Å². The maximum Gasteiger partial charge on any atom is 0.239 e. The number of benzene rings is 1. The van der Waals surface area contributed by atoms with Crippen molar-refractivity contribution in [3.63, 3.8) is 0 Å². The van der Waals surface area contributed by atoms with E-state index in [1.54, 1.807) is 0 Å². The Hall–Kier alpha value is -1.51. The summed E-state index contributed by atoms with van der Waals surface area (Å²) in [6.07, 6.45) is 7.85. The van der Waals surface area contributed by atoms with E-state index in [0.29, 0.717) is 12.5 Å². The zero-order chi connectivity index (χ0) is 14.2. The third kappa shape index (κ3) is 4.87. The second-order valence-corrected chi connectivity index (χ2v) is 5.83. The van der Waals surface area contributed by atoms with Gasteiger partial charge in [0.15, 0.2) is 0 Å². The molecule has 0 saturated heterocycles. The van der Waals surface area contributed by atoms with Gasteiger partial charge in [0, 0.05) is 11.7 Å². The zero-order valence-corrected chi connectivity index (χ0v) is 12.4. The summed E-state index contributed by atoms with van der Waals surface area (Å²) in [6.45, 7) is 2.50. The lowest BCUT2D eigenvalue weighted by Crippen LogP contribution is -2.40. The number of carbonyl (C=O) groups is 1. The number of hydrogen-bond acceptors (Lipinski definition) is 2. The van der Waals surface area contributed by atoms with Crippen molar-refractivity contribution in [3.8, 4) is 0 Å². The van der Waals surface area contributed by atoms with Crippen LogP contribution in [-0.4, -0.2) is 18.5 Å². The number of hydrogen-bond donors (Lipinski definition) is 2. The fourth-order valence-electron chi connectivity index (χ4n) is 2.97. The average Bonchev–Trinajstić information content (AvgIpc) is 2.75. The molecule has 0 aliphatic heterocycles. The molecule has 1 aromatic rings. The highest BCUT2D eigenvalue weighted by atomic mass is 16.1. The van der Waals surface area contributed by atoms with Gasteiger partial charge in [0.05, 0.1) is 6.54 Å². The predicted molar refractivity (Wildman–Crippen MR) is 83.7 cm³/mol. The first-order chi connectivity index (χ1) is 9.75. The van der Waals surface area contributed by atoms with Gasteiger partial charge in [-0.05, 0) is 37.8 Å². The molecule has 1 amide bonds. The normalized spacial score (nSPS) is 18.1. The van der Waals surface area contributed by atoms with Crippen molar-refractivity contribution in [3.05, 3.63) is 30.3 Å². The minimum absolute atomic E-state index is 0.0885. The second-order valence-electron chi connectivity index (χ2n) is 5.83. The number of para-hydroxylation sites is 1. The Balaban J connectivity index is 1.73. The summed E-state index contributed by atoms with van der Waals surface area (Å²) in [6, 6.07) is 10.1. The van der Waals surface area contributed by atoms with E-state index in [1.807, 2.05) is 30.3 Å². The lowest BCUT2D eigenvalue weighted by molar-refractivity contribution is -0.120. The summed E-state index contributed by atoms with van der Waals surface area (Å²) < 4.78 is 0. The maximum absolute atomic E-state index is 12.0. The van der Waals surface area contributed by atoms with Crippen LogP contribution in [0, 0.1) is 5.92 Å². The average molecular weight is 274 g/mol. The number of amides is 1. The molecule has 0 spiro atoms. The molecule has 0 heterocycles. The molecule has 0 bridgehead atoms. The van der Waals surface area contributed by atoms with Gasteiger partial charge >= 0.3 is 0 Å². The second kappa shape index (κ2) is 7.93. The molecule has 2 N–H and O–H groups in total. The highest BCUT2D eigenvalue weighted by Crippen LogP contribution is 2.25. The molecule has 0 aromatic heterocycles. The third-order valence-corrected chi connectivity index (χ3v) is 4.22. The Labute approximate surface area is 122 Å². The highest BCUT2D eigenvalue weighted by molar-refractivity contribution is 5.80. The number of rotatable bonds is 5. The van der Waals surface area contributed by atoms with Gasteiger partial charge in [0.2, 0.25) is 5.91 Å². The van der Waals surface area contributed by atoms with E-state index in [-0.39, 0.29) is 11.9 Å². The van der Waals surface area contributed by atoms with Gasteiger partial charge in [-0.15, -0.1) is 0 Å². The van der Waals surface area contributed by atoms with E-state index in [2.05, 4.69) is 17.6 Å². The van der Waals surface area contributed by atoms with Crippen molar-refractivity contribution in [2.45, 2.75) is 51.5 Å². The quantitative estimate of drug-likeness (QED) is 0.806. The first kappa shape index (κ1) is 14.9. The molecule has 1 aromatic carbocycles. The van der Waals surface area contributed by atoms with E-state index in [0.717, 1.165) is 5.69 Å². The van der Waals surface area contributed by atoms with Crippen LogP contribution in [0.25, 0.3) is 0 Å². The van der Waals surface area contributed by atoms with Gasteiger partial charge in [-0.2, -0.15) is 0 Å². The van der Waals surface area contributed by atoms with Crippen molar-refractivity contribution >= 4 is 11.6 Å². The van der Waals surface area contributed by atoms with E-state index < -0.39 is 0 Å². The molecule has 1 fully saturated rings. The van der Waals surface area contributed by atoms with Crippen LogP contribution in [0.4, 0.5) is 5.69 Å². The number of anilines is 1. The van der Waals surface area contributed by atoms with Crippen LogP contribution >= 0.6 is 0 Å². The van der Waals surface area contributed by atoms with Gasteiger partial charge < -0.3 is 10.6 Å². The molecule has 2 rings (SSSR count). The lowest BCUT2D eigenvalue weighted by atomic mass is 9.93. The molecule has 110 valence electrons. The summed E-state index contributed by atoms with van der Waals surface area (Å²) in [5.74, 6) is 0.740.